The van der Waals surface area contributed by atoms with E-state index in [1.165, 1.54) is 22.8 Å². The summed E-state index contributed by atoms with van der Waals surface area (Å²) in [7, 11) is 0. The van der Waals surface area contributed by atoms with Crippen molar-refractivity contribution in [1.29, 1.82) is 0 Å². The van der Waals surface area contributed by atoms with Gasteiger partial charge in [0.25, 0.3) is 11.4 Å². The van der Waals surface area contributed by atoms with Crippen LogP contribution in [0.4, 0.5) is 13.2 Å². The van der Waals surface area contributed by atoms with Crippen LogP contribution in [-0.4, -0.2) is 32.8 Å². The lowest BCUT2D eigenvalue weighted by molar-refractivity contribution is -0.274. The van der Waals surface area contributed by atoms with Crippen LogP contribution < -0.4 is 10.3 Å². The molecule has 0 bridgehead atoms. The van der Waals surface area contributed by atoms with Crippen LogP contribution >= 0.6 is 0 Å². The fourth-order valence-electron chi connectivity index (χ4n) is 3.25. The van der Waals surface area contributed by atoms with Gasteiger partial charge in [0.2, 0.25) is 5.82 Å². The van der Waals surface area contributed by atoms with Crippen molar-refractivity contribution < 1.29 is 27.5 Å². The molecule has 0 aliphatic rings. The van der Waals surface area contributed by atoms with Gasteiger partial charge in [0.15, 0.2) is 0 Å². The van der Waals surface area contributed by atoms with E-state index >= 15 is 0 Å². The fourth-order valence-corrected chi connectivity index (χ4v) is 3.25. The van der Waals surface area contributed by atoms with Crippen molar-refractivity contribution in [2.24, 2.45) is 0 Å². The molecule has 2 aromatic carbocycles. The summed E-state index contributed by atoms with van der Waals surface area (Å²) >= 11 is 0. The first-order valence-electron chi connectivity index (χ1n) is 9.90. The number of aliphatic hydroxyl groups is 1. The molecule has 0 spiro atoms. The third-order valence-corrected chi connectivity index (χ3v) is 4.75. The maximum atomic E-state index is 12.3. The molecular weight excluding hydrogens is 439 g/mol. The Labute approximate surface area is 185 Å². The maximum absolute atomic E-state index is 12.3. The van der Waals surface area contributed by atoms with Crippen LogP contribution in [0.25, 0.3) is 22.8 Å². The highest BCUT2D eigenvalue weighted by molar-refractivity contribution is 5.60. The lowest BCUT2D eigenvalue weighted by atomic mass is 10.1. The van der Waals surface area contributed by atoms with Gasteiger partial charge in [0.1, 0.15) is 5.75 Å². The van der Waals surface area contributed by atoms with Crippen LogP contribution in [0, 0.1) is 0 Å². The Bertz CT molecular complexity index is 1300. The number of benzene rings is 2. The predicted molar refractivity (Wildman–Crippen MR) is 112 cm³/mol. The number of nitrogens with zero attached hydrogens (tertiary/aromatic N) is 3. The Morgan fingerprint density at radius 2 is 1.73 bits per heavy atom. The first-order chi connectivity index (χ1) is 15.8. The highest BCUT2D eigenvalue weighted by Crippen LogP contribution is 2.26. The summed E-state index contributed by atoms with van der Waals surface area (Å²) in [4.78, 5) is 16.6. The molecule has 0 atom stereocenters. The number of rotatable bonds is 7. The number of hydrogen-bond acceptors (Lipinski definition) is 6. The Kier molecular flexibility index (Phi) is 6.27. The molecule has 0 amide bonds. The van der Waals surface area contributed by atoms with Crippen LogP contribution in [-0.2, 0) is 13.0 Å². The standard InChI is InChI=1S/C23H18F3N3O4/c24-23(25,26)32-19-7-4-17(5-8-19)21-27-22(33-28-21)18-6-9-20(31)29(14-18)13-16-3-1-2-15(12-16)10-11-30/h1-9,12,14,30H,10-11,13H2. The largest absolute Gasteiger partial charge is 0.573 e. The summed E-state index contributed by atoms with van der Waals surface area (Å²) < 4.78 is 47.6. The van der Waals surface area contributed by atoms with Crippen molar-refractivity contribution in [3.63, 3.8) is 0 Å². The molecule has 0 radical (unpaired) electrons. The summed E-state index contributed by atoms with van der Waals surface area (Å²) in [5.41, 5.74) is 2.59. The van der Waals surface area contributed by atoms with Crippen molar-refractivity contribution >= 4 is 0 Å². The van der Waals surface area contributed by atoms with E-state index in [1.54, 1.807) is 12.3 Å². The second-order valence-corrected chi connectivity index (χ2v) is 7.17. The average molecular weight is 457 g/mol. The van der Waals surface area contributed by atoms with Crippen LogP contribution in [0.15, 0.2) is 76.2 Å². The number of ether oxygens (including phenoxy) is 1. The number of aliphatic hydroxyl groups excluding tert-OH is 1. The molecule has 33 heavy (non-hydrogen) atoms. The highest BCUT2D eigenvalue weighted by atomic mass is 19.4. The predicted octanol–water partition coefficient (Wildman–Crippen LogP) is 4.05. The molecule has 10 heteroatoms. The van der Waals surface area contributed by atoms with E-state index in [1.807, 2.05) is 24.3 Å². The lowest BCUT2D eigenvalue weighted by Gasteiger charge is -2.08. The first kappa shape index (κ1) is 22.3. The van der Waals surface area contributed by atoms with Gasteiger partial charge >= 0.3 is 6.36 Å². The third kappa shape index (κ3) is 5.66. The Hall–Kier alpha value is -3.92. The molecule has 4 aromatic rings. The monoisotopic (exact) mass is 457 g/mol. The quantitative estimate of drug-likeness (QED) is 0.450. The average Bonchev–Trinajstić information content (AvgIpc) is 3.26. The Morgan fingerprint density at radius 1 is 1.00 bits per heavy atom. The molecule has 2 heterocycles. The molecule has 0 fully saturated rings. The van der Waals surface area contributed by atoms with Gasteiger partial charge in [-0.05, 0) is 47.9 Å². The number of halogens is 3. The summed E-state index contributed by atoms with van der Waals surface area (Å²) in [6.45, 7) is 0.351. The zero-order valence-corrected chi connectivity index (χ0v) is 17.1. The van der Waals surface area contributed by atoms with E-state index < -0.39 is 6.36 Å². The number of pyridine rings is 1. The van der Waals surface area contributed by atoms with Gasteiger partial charge in [-0.2, -0.15) is 4.98 Å². The van der Waals surface area contributed by atoms with Crippen LogP contribution in [0.3, 0.4) is 0 Å². The Morgan fingerprint density at radius 3 is 2.45 bits per heavy atom. The van der Waals surface area contributed by atoms with Crippen LogP contribution in [0.2, 0.25) is 0 Å². The van der Waals surface area contributed by atoms with Crippen molar-refractivity contribution in [3.05, 3.63) is 88.3 Å². The zero-order valence-electron chi connectivity index (χ0n) is 17.1. The van der Waals surface area contributed by atoms with Gasteiger partial charge in [-0.15, -0.1) is 13.2 Å². The Balaban J connectivity index is 1.55. The van der Waals surface area contributed by atoms with Crippen LogP contribution in [0.1, 0.15) is 11.1 Å². The lowest BCUT2D eigenvalue weighted by Crippen LogP contribution is -2.19. The van der Waals surface area contributed by atoms with Gasteiger partial charge in [-0.25, -0.2) is 0 Å². The highest BCUT2D eigenvalue weighted by Gasteiger charge is 2.31. The third-order valence-electron chi connectivity index (χ3n) is 4.75. The van der Waals surface area contributed by atoms with Crippen molar-refractivity contribution in [2.75, 3.05) is 6.61 Å². The summed E-state index contributed by atoms with van der Waals surface area (Å²) in [6, 6.07) is 15.6. The van der Waals surface area contributed by atoms with E-state index in [9.17, 15) is 18.0 Å². The summed E-state index contributed by atoms with van der Waals surface area (Å²) in [5.74, 6) is -0.0217. The molecule has 0 unspecified atom stereocenters. The molecule has 1 N–H and O–H groups in total. The molecule has 0 saturated carbocycles. The fraction of sp³-hybridized carbons (Fsp3) is 0.174. The molecule has 0 saturated heterocycles. The van der Waals surface area contributed by atoms with Gasteiger partial charge < -0.3 is 18.9 Å². The van der Waals surface area contributed by atoms with E-state index in [0.29, 0.717) is 24.1 Å². The molecule has 170 valence electrons. The van der Waals surface area contributed by atoms with Gasteiger partial charge in [0, 0.05) is 24.4 Å². The van der Waals surface area contributed by atoms with E-state index in [4.69, 9.17) is 9.63 Å². The molecular formula is C23H18F3N3O4. The van der Waals surface area contributed by atoms with E-state index in [-0.39, 0.29) is 29.6 Å². The van der Waals surface area contributed by atoms with Gasteiger partial charge in [0.05, 0.1) is 12.1 Å². The molecule has 7 nitrogen and oxygen atoms in total. The van der Waals surface area contributed by atoms with Crippen LogP contribution in [0.5, 0.6) is 5.75 Å². The summed E-state index contributed by atoms with van der Waals surface area (Å²) in [6.07, 6.45) is -2.65. The van der Waals surface area contributed by atoms with Gasteiger partial charge in [-0.1, -0.05) is 29.4 Å². The SMILES string of the molecule is O=c1ccc(-c2nc(-c3ccc(OC(F)(F)F)cc3)no2)cn1Cc1cccc(CCO)c1. The number of alkyl halides is 3. The number of hydrogen-bond donors (Lipinski definition) is 1. The van der Waals surface area contributed by atoms with Crippen molar-refractivity contribution in [1.82, 2.24) is 14.7 Å². The van der Waals surface area contributed by atoms with E-state index in [0.717, 1.165) is 23.3 Å². The number of aromatic nitrogens is 3. The van der Waals surface area contributed by atoms with Gasteiger partial charge in [-0.3, -0.25) is 4.79 Å². The zero-order chi connectivity index (χ0) is 23.4. The van der Waals surface area contributed by atoms with Crippen molar-refractivity contribution in [3.8, 4) is 28.6 Å². The second-order valence-electron chi connectivity index (χ2n) is 7.17. The molecule has 4 rings (SSSR count). The molecule has 2 aromatic heterocycles. The minimum Gasteiger partial charge on any atom is -0.406 e. The second kappa shape index (κ2) is 9.29. The van der Waals surface area contributed by atoms with E-state index in [2.05, 4.69) is 14.9 Å². The normalized spacial score (nSPS) is 11.5. The maximum Gasteiger partial charge on any atom is 0.573 e. The minimum absolute atomic E-state index is 0.0382. The minimum atomic E-state index is -4.77. The van der Waals surface area contributed by atoms with Crippen molar-refractivity contribution in [2.45, 2.75) is 19.3 Å². The first-order valence-corrected chi connectivity index (χ1v) is 9.90. The topological polar surface area (TPSA) is 90.4 Å². The molecule has 0 aliphatic heterocycles. The summed E-state index contributed by atoms with van der Waals surface area (Å²) in [5, 5.41) is 13.0. The molecule has 0 aliphatic carbocycles. The smallest absolute Gasteiger partial charge is 0.406 e.